The van der Waals surface area contributed by atoms with E-state index in [2.05, 4.69) is 28.9 Å². The van der Waals surface area contributed by atoms with Gasteiger partial charge < -0.3 is 14.9 Å². The summed E-state index contributed by atoms with van der Waals surface area (Å²) in [5, 5.41) is 16.9. The van der Waals surface area contributed by atoms with E-state index in [1.807, 2.05) is 11.0 Å². The second kappa shape index (κ2) is 7.66. The highest BCUT2D eigenvalue weighted by Gasteiger charge is 2.36. The topological polar surface area (TPSA) is 72.5 Å². The fourth-order valence-corrected chi connectivity index (χ4v) is 3.90. The van der Waals surface area contributed by atoms with Crippen molar-refractivity contribution in [2.24, 2.45) is 11.8 Å². The summed E-state index contributed by atoms with van der Waals surface area (Å²) in [5.74, 6) is 0.854. The van der Waals surface area contributed by atoms with Gasteiger partial charge in [-0.3, -0.25) is 9.89 Å². The summed E-state index contributed by atoms with van der Waals surface area (Å²) in [7, 11) is 0. The maximum Gasteiger partial charge on any atom is 0.274 e. The van der Waals surface area contributed by atoms with E-state index in [1.165, 1.54) is 19.3 Å². The number of aliphatic hydroxyl groups is 1. The van der Waals surface area contributed by atoms with Crippen molar-refractivity contribution in [1.82, 2.24) is 20.0 Å². The maximum absolute atomic E-state index is 12.7. The number of carbonyl (C=O) groups excluding carboxylic acids is 1. The molecule has 2 N–H and O–H groups in total. The normalized spacial score (nSPS) is 25.6. The summed E-state index contributed by atoms with van der Waals surface area (Å²) in [6.07, 6.45) is 3.86. The number of aromatic nitrogens is 2. The molecule has 6 nitrogen and oxygen atoms in total. The van der Waals surface area contributed by atoms with E-state index < -0.39 is 0 Å². The molecule has 2 saturated heterocycles. The molecule has 1 aromatic rings. The number of rotatable bonds is 5. The monoisotopic (exact) mass is 334 g/mol. The first-order valence-corrected chi connectivity index (χ1v) is 9.26. The molecular weight excluding hydrogens is 304 g/mol. The number of nitrogens with zero attached hydrogens (tertiary/aromatic N) is 3. The van der Waals surface area contributed by atoms with Crippen LogP contribution < -0.4 is 0 Å². The van der Waals surface area contributed by atoms with Gasteiger partial charge in [-0.1, -0.05) is 20.3 Å². The van der Waals surface area contributed by atoms with Crippen molar-refractivity contribution >= 4 is 5.91 Å². The summed E-state index contributed by atoms with van der Waals surface area (Å²) in [4.78, 5) is 17.1. The average molecular weight is 334 g/mol. The SMILES string of the molecule is CC(C)c1cc(C(=O)N2CC(CO)C(CN3CCCCC3)C2)n[nH]1. The number of H-pyrrole nitrogens is 1. The van der Waals surface area contributed by atoms with Gasteiger partial charge in [0, 0.05) is 37.9 Å². The highest BCUT2D eigenvalue weighted by molar-refractivity contribution is 5.92. The van der Waals surface area contributed by atoms with Crippen LogP contribution in [-0.4, -0.2) is 70.3 Å². The molecule has 0 radical (unpaired) electrons. The summed E-state index contributed by atoms with van der Waals surface area (Å²) in [5.41, 5.74) is 1.48. The Labute approximate surface area is 144 Å². The fraction of sp³-hybridized carbons (Fsp3) is 0.778. The van der Waals surface area contributed by atoms with E-state index in [4.69, 9.17) is 0 Å². The Morgan fingerprint density at radius 2 is 2.00 bits per heavy atom. The molecule has 2 aliphatic heterocycles. The molecule has 0 aliphatic carbocycles. The largest absolute Gasteiger partial charge is 0.396 e. The number of aromatic amines is 1. The minimum absolute atomic E-state index is 0.0160. The van der Waals surface area contributed by atoms with Gasteiger partial charge in [-0.05, 0) is 43.8 Å². The Morgan fingerprint density at radius 3 is 2.62 bits per heavy atom. The Kier molecular flexibility index (Phi) is 5.56. The van der Waals surface area contributed by atoms with Crippen LogP contribution in [0.25, 0.3) is 0 Å². The van der Waals surface area contributed by atoms with Crippen molar-refractivity contribution in [2.45, 2.75) is 39.0 Å². The molecule has 1 aromatic heterocycles. The highest BCUT2D eigenvalue weighted by Crippen LogP contribution is 2.26. The second-order valence-corrected chi connectivity index (χ2v) is 7.64. The minimum atomic E-state index is -0.0160. The van der Waals surface area contributed by atoms with Crippen molar-refractivity contribution in [1.29, 1.82) is 0 Å². The molecule has 0 aromatic carbocycles. The first-order chi connectivity index (χ1) is 11.6. The van der Waals surface area contributed by atoms with Crippen LogP contribution in [0.15, 0.2) is 6.07 Å². The third kappa shape index (κ3) is 3.81. The third-order valence-corrected chi connectivity index (χ3v) is 5.48. The zero-order valence-electron chi connectivity index (χ0n) is 14.9. The molecule has 0 bridgehead atoms. The van der Waals surface area contributed by atoms with E-state index in [9.17, 15) is 9.90 Å². The van der Waals surface area contributed by atoms with Crippen LogP contribution in [0.2, 0.25) is 0 Å². The molecule has 1 amide bonds. The second-order valence-electron chi connectivity index (χ2n) is 7.64. The molecule has 0 saturated carbocycles. The lowest BCUT2D eigenvalue weighted by molar-refractivity contribution is 0.0772. The van der Waals surface area contributed by atoms with Crippen molar-refractivity contribution < 1.29 is 9.90 Å². The quantitative estimate of drug-likeness (QED) is 0.860. The predicted octanol–water partition coefficient (Wildman–Crippen LogP) is 1.70. The molecule has 0 spiro atoms. The minimum Gasteiger partial charge on any atom is -0.396 e. The van der Waals surface area contributed by atoms with E-state index in [1.54, 1.807) is 0 Å². The van der Waals surface area contributed by atoms with Gasteiger partial charge in [-0.2, -0.15) is 5.10 Å². The van der Waals surface area contributed by atoms with E-state index in [0.717, 1.165) is 31.9 Å². The molecule has 2 unspecified atom stereocenters. The lowest BCUT2D eigenvalue weighted by atomic mass is 9.95. The zero-order chi connectivity index (χ0) is 17.1. The maximum atomic E-state index is 12.7. The van der Waals surface area contributed by atoms with Crippen molar-refractivity contribution in [3.63, 3.8) is 0 Å². The molecule has 3 heterocycles. The summed E-state index contributed by atoms with van der Waals surface area (Å²) >= 11 is 0. The summed E-state index contributed by atoms with van der Waals surface area (Å²) < 4.78 is 0. The number of amides is 1. The Balaban J connectivity index is 1.62. The van der Waals surface area contributed by atoms with Gasteiger partial charge in [-0.25, -0.2) is 0 Å². The van der Waals surface area contributed by atoms with Crippen molar-refractivity contribution in [3.8, 4) is 0 Å². The van der Waals surface area contributed by atoms with Crippen molar-refractivity contribution in [2.75, 3.05) is 39.3 Å². The van der Waals surface area contributed by atoms with Gasteiger partial charge in [0.1, 0.15) is 5.69 Å². The van der Waals surface area contributed by atoms with E-state index >= 15 is 0 Å². The summed E-state index contributed by atoms with van der Waals surface area (Å²) in [6, 6.07) is 1.86. The average Bonchev–Trinajstić information content (AvgIpc) is 3.22. The fourth-order valence-electron chi connectivity index (χ4n) is 3.90. The molecule has 134 valence electrons. The Morgan fingerprint density at radius 1 is 1.29 bits per heavy atom. The zero-order valence-corrected chi connectivity index (χ0v) is 14.9. The van der Waals surface area contributed by atoms with E-state index in [0.29, 0.717) is 24.1 Å². The number of aliphatic hydroxyl groups excluding tert-OH is 1. The Bertz CT molecular complexity index is 551. The van der Waals surface area contributed by atoms with Crippen LogP contribution in [0, 0.1) is 11.8 Å². The molecule has 2 atom stereocenters. The smallest absolute Gasteiger partial charge is 0.274 e. The first-order valence-electron chi connectivity index (χ1n) is 9.26. The van der Waals surface area contributed by atoms with Crippen LogP contribution in [0.3, 0.4) is 0 Å². The van der Waals surface area contributed by atoms with Gasteiger partial charge >= 0.3 is 0 Å². The lowest BCUT2D eigenvalue weighted by Crippen LogP contribution is -2.37. The van der Waals surface area contributed by atoms with Crippen LogP contribution in [0.1, 0.15) is 55.2 Å². The van der Waals surface area contributed by atoms with Crippen molar-refractivity contribution in [3.05, 3.63) is 17.5 Å². The summed E-state index contributed by atoms with van der Waals surface area (Å²) in [6.45, 7) is 8.97. The molecular formula is C18H30N4O2. The first kappa shape index (κ1) is 17.4. The van der Waals surface area contributed by atoms with Crippen LogP contribution in [-0.2, 0) is 0 Å². The number of nitrogens with one attached hydrogen (secondary N) is 1. The van der Waals surface area contributed by atoms with E-state index in [-0.39, 0.29) is 18.4 Å². The van der Waals surface area contributed by atoms with Crippen LogP contribution in [0.4, 0.5) is 0 Å². The number of hydrogen-bond donors (Lipinski definition) is 2. The number of likely N-dealkylation sites (tertiary alicyclic amines) is 2. The molecule has 2 fully saturated rings. The predicted molar refractivity (Wildman–Crippen MR) is 92.9 cm³/mol. The third-order valence-electron chi connectivity index (χ3n) is 5.48. The Hall–Kier alpha value is -1.40. The van der Waals surface area contributed by atoms with Gasteiger partial charge in [0.2, 0.25) is 0 Å². The molecule has 3 rings (SSSR count). The molecule has 24 heavy (non-hydrogen) atoms. The van der Waals surface area contributed by atoms with Crippen LogP contribution >= 0.6 is 0 Å². The van der Waals surface area contributed by atoms with Crippen LogP contribution in [0.5, 0.6) is 0 Å². The van der Waals surface area contributed by atoms with Gasteiger partial charge in [-0.15, -0.1) is 0 Å². The highest BCUT2D eigenvalue weighted by atomic mass is 16.3. The van der Waals surface area contributed by atoms with Gasteiger partial charge in [0.25, 0.3) is 5.91 Å². The number of carbonyl (C=O) groups is 1. The molecule has 6 heteroatoms. The standard InChI is InChI=1S/C18H30N4O2/c1-13(2)16-8-17(20-19-16)18(24)22-10-14(15(11-22)12-23)9-21-6-4-3-5-7-21/h8,13-15,23H,3-7,9-12H2,1-2H3,(H,19,20). The number of piperidine rings is 1. The lowest BCUT2D eigenvalue weighted by Gasteiger charge is -2.30. The number of hydrogen-bond acceptors (Lipinski definition) is 4. The van der Waals surface area contributed by atoms with Gasteiger partial charge in [0.05, 0.1) is 0 Å². The van der Waals surface area contributed by atoms with Gasteiger partial charge in [0.15, 0.2) is 0 Å². The molecule has 2 aliphatic rings.